The molecule has 0 spiro atoms. The first-order valence-corrected chi connectivity index (χ1v) is 7.50. The third kappa shape index (κ3) is 4.88. The predicted octanol–water partition coefficient (Wildman–Crippen LogP) is 1.37. The van der Waals surface area contributed by atoms with E-state index < -0.39 is 6.10 Å². The number of ether oxygens (including phenoxy) is 2. The summed E-state index contributed by atoms with van der Waals surface area (Å²) in [6.45, 7) is 4.95. The molecule has 3 atom stereocenters. The summed E-state index contributed by atoms with van der Waals surface area (Å²) in [5.41, 5.74) is 6.36. The third-order valence-corrected chi connectivity index (χ3v) is 4.05. The van der Waals surface area contributed by atoms with Gasteiger partial charge in [-0.3, -0.25) is 4.90 Å². The van der Waals surface area contributed by atoms with Gasteiger partial charge < -0.3 is 20.3 Å². The Labute approximate surface area is 126 Å². The lowest BCUT2D eigenvalue weighted by molar-refractivity contribution is -0.0227. The molecule has 0 aromatic heterocycles. The average molecular weight is 294 g/mol. The summed E-state index contributed by atoms with van der Waals surface area (Å²) < 4.78 is 11.1. The lowest BCUT2D eigenvalue weighted by Gasteiger charge is -2.37. The molecule has 0 amide bonds. The van der Waals surface area contributed by atoms with Gasteiger partial charge in [-0.05, 0) is 31.0 Å². The van der Waals surface area contributed by atoms with Gasteiger partial charge in [0.2, 0.25) is 0 Å². The van der Waals surface area contributed by atoms with Crippen LogP contribution in [0.15, 0.2) is 24.3 Å². The van der Waals surface area contributed by atoms with E-state index in [9.17, 15) is 5.11 Å². The number of rotatable bonds is 6. The Bertz CT molecular complexity index is 441. The minimum Gasteiger partial charge on any atom is -0.491 e. The van der Waals surface area contributed by atoms with E-state index in [1.165, 1.54) is 0 Å². The summed E-state index contributed by atoms with van der Waals surface area (Å²) in [6.07, 6.45) is 0.833. The SMILES string of the molecule is COC1CN(CC(O)COc2cccc(N)c2)CCC1C. The van der Waals surface area contributed by atoms with Crippen LogP contribution in [0.2, 0.25) is 0 Å². The zero-order chi connectivity index (χ0) is 15.2. The Morgan fingerprint density at radius 3 is 3.00 bits per heavy atom. The first-order chi connectivity index (χ1) is 10.1. The molecule has 21 heavy (non-hydrogen) atoms. The van der Waals surface area contributed by atoms with Gasteiger partial charge in [-0.2, -0.15) is 0 Å². The van der Waals surface area contributed by atoms with Gasteiger partial charge in [0.1, 0.15) is 18.5 Å². The second-order valence-electron chi connectivity index (χ2n) is 5.84. The van der Waals surface area contributed by atoms with Crippen LogP contribution in [0.5, 0.6) is 5.75 Å². The van der Waals surface area contributed by atoms with E-state index in [0.717, 1.165) is 19.5 Å². The van der Waals surface area contributed by atoms with Gasteiger partial charge >= 0.3 is 0 Å². The van der Waals surface area contributed by atoms with Crippen LogP contribution in [0.3, 0.4) is 0 Å². The van der Waals surface area contributed by atoms with Crippen molar-refractivity contribution >= 4 is 5.69 Å². The number of nitrogen functional groups attached to an aromatic ring is 1. The smallest absolute Gasteiger partial charge is 0.121 e. The summed E-state index contributed by atoms with van der Waals surface area (Å²) >= 11 is 0. The summed E-state index contributed by atoms with van der Waals surface area (Å²) in [4.78, 5) is 2.24. The molecule has 118 valence electrons. The lowest BCUT2D eigenvalue weighted by Crippen LogP contribution is -2.47. The molecule has 3 N–H and O–H groups in total. The summed E-state index contributed by atoms with van der Waals surface area (Å²) in [7, 11) is 1.75. The number of nitrogens with two attached hydrogens (primary N) is 1. The van der Waals surface area contributed by atoms with Crippen molar-refractivity contribution in [2.45, 2.75) is 25.6 Å². The Morgan fingerprint density at radius 1 is 1.48 bits per heavy atom. The molecule has 5 heteroatoms. The van der Waals surface area contributed by atoms with E-state index in [1.54, 1.807) is 13.2 Å². The molecule has 0 saturated carbocycles. The van der Waals surface area contributed by atoms with Crippen LogP contribution < -0.4 is 10.5 Å². The zero-order valence-corrected chi connectivity index (χ0v) is 12.9. The largest absolute Gasteiger partial charge is 0.491 e. The van der Waals surface area contributed by atoms with Gasteiger partial charge in [0, 0.05) is 32.0 Å². The maximum atomic E-state index is 10.1. The van der Waals surface area contributed by atoms with Gasteiger partial charge in [0.15, 0.2) is 0 Å². The Kier molecular flexibility index (Phi) is 5.85. The molecule has 1 saturated heterocycles. The molecule has 2 rings (SSSR count). The van der Waals surface area contributed by atoms with Gasteiger partial charge in [0.05, 0.1) is 6.10 Å². The highest BCUT2D eigenvalue weighted by Gasteiger charge is 2.27. The minimum atomic E-state index is -0.516. The first kappa shape index (κ1) is 16.1. The van der Waals surface area contributed by atoms with Gasteiger partial charge in [0.25, 0.3) is 0 Å². The number of piperidine rings is 1. The Hall–Kier alpha value is -1.30. The van der Waals surface area contributed by atoms with Crippen LogP contribution in [0.4, 0.5) is 5.69 Å². The summed E-state index contributed by atoms with van der Waals surface area (Å²) in [6, 6.07) is 7.25. The quantitative estimate of drug-likeness (QED) is 0.776. The van der Waals surface area contributed by atoms with Crippen LogP contribution >= 0.6 is 0 Å². The standard InChI is InChI=1S/C16H26N2O3/c1-12-6-7-18(10-16(12)20-2)9-14(19)11-21-15-5-3-4-13(17)8-15/h3-5,8,12,14,16,19H,6-7,9-11,17H2,1-2H3. The number of hydrogen-bond acceptors (Lipinski definition) is 5. The van der Waals surface area contributed by atoms with Crippen molar-refractivity contribution in [3.05, 3.63) is 24.3 Å². The number of hydrogen-bond donors (Lipinski definition) is 2. The third-order valence-electron chi connectivity index (χ3n) is 4.05. The molecule has 0 radical (unpaired) electrons. The second kappa shape index (κ2) is 7.64. The molecule has 1 aromatic carbocycles. The molecular weight excluding hydrogens is 268 g/mol. The fraction of sp³-hybridized carbons (Fsp3) is 0.625. The molecule has 1 fully saturated rings. The van der Waals surface area contributed by atoms with Crippen molar-refractivity contribution in [2.24, 2.45) is 5.92 Å². The average Bonchev–Trinajstić information content (AvgIpc) is 2.47. The van der Waals surface area contributed by atoms with Crippen LogP contribution in [-0.4, -0.2) is 55.6 Å². The number of anilines is 1. The van der Waals surface area contributed by atoms with E-state index in [2.05, 4.69) is 11.8 Å². The number of nitrogens with zero attached hydrogens (tertiary/aromatic N) is 1. The van der Waals surface area contributed by atoms with E-state index in [-0.39, 0.29) is 12.7 Å². The van der Waals surface area contributed by atoms with Crippen molar-refractivity contribution in [1.82, 2.24) is 4.90 Å². The lowest BCUT2D eigenvalue weighted by atomic mass is 9.95. The number of benzene rings is 1. The van der Waals surface area contributed by atoms with Crippen molar-refractivity contribution in [2.75, 3.05) is 39.1 Å². The zero-order valence-electron chi connectivity index (χ0n) is 12.9. The molecule has 1 heterocycles. The molecular formula is C16H26N2O3. The minimum absolute atomic E-state index is 0.251. The Balaban J connectivity index is 1.75. The molecule has 0 bridgehead atoms. The van der Waals surface area contributed by atoms with Crippen LogP contribution in [-0.2, 0) is 4.74 Å². The number of methoxy groups -OCH3 is 1. The van der Waals surface area contributed by atoms with Crippen LogP contribution in [0.1, 0.15) is 13.3 Å². The highest BCUT2D eigenvalue weighted by atomic mass is 16.5. The highest BCUT2D eigenvalue weighted by molar-refractivity contribution is 5.43. The van der Waals surface area contributed by atoms with Crippen molar-refractivity contribution in [3.63, 3.8) is 0 Å². The number of likely N-dealkylation sites (tertiary alicyclic amines) is 1. The number of β-amino-alcohol motifs (C(OH)–C–C–N with tert-alkyl or cyclic N) is 1. The molecule has 1 aliphatic heterocycles. The van der Waals surface area contributed by atoms with E-state index in [4.69, 9.17) is 15.2 Å². The second-order valence-corrected chi connectivity index (χ2v) is 5.84. The highest BCUT2D eigenvalue weighted by Crippen LogP contribution is 2.20. The van der Waals surface area contributed by atoms with Crippen LogP contribution in [0, 0.1) is 5.92 Å². The maximum Gasteiger partial charge on any atom is 0.121 e. The maximum absolute atomic E-state index is 10.1. The fourth-order valence-electron chi connectivity index (χ4n) is 2.72. The molecule has 3 unspecified atom stereocenters. The van der Waals surface area contributed by atoms with Crippen LogP contribution in [0.25, 0.3) is 0 Å². The van der Waals surface area contributed by atoms with Crippen molar-refractivity contribution < 1.29 is 14.6 Å². The van der Waals surface area contributed by atoms with Gasteiger partial charge in [-0.15, -0.1) is 0 Å². The van der Waals surface area contributed by atoms with Crippen molar-refractivity contribution in [3.8, 4) is 5.75 Å². The first-order valence-electron chi connectivity index (χ1n) is 7.50. The Morgan fingerprint density at radius 2 is 2.29 bits per heavy atom. The number of aliphatic hydroxyl groups is 1. The topological polar surface area (TPSA) is 68.0 Å². The number of aliphatic hydroxyl groups excluding tert-OH is 1. The molecule has 0 aliphatic carbocycles. The van der Waals surface area contributed by atoms with Crippen molar-refractivity contribution in [1.29, 1.82) is 0 Å². The monoisotopic (exact) mass is 294 g/mol. The summed E-state index contributed by atoms with van der Waals surface area (Å²) in [5.74, 6) is 1.27. The predicted molar refractivity (Wildman–Crippen MR) is 83.4 cm³/mol. The van der Waals surface area contributed by atoms with E-state index in [1.807, 2.05) is 18.2 Å². The molecule has 1 aliphatic rings. The van der Waals surface area contributed by atoms with Gasteiger partial charge in [-0.25, -0.2) is 0 Å². The van der Waals surface area contributed by atoms with E-state index in [0.29, 0.717) is 23.9 Å². The van der Waals surface area contributed by atoms with E-state index >= 15 is 0 Å². The van der Waals surface area contributed by atoms with Gasteiger partial charge in [-0.1, -0.05) is 13.0 Å². The summed E-state index contributed by atoms with van der Waals surface area (Å²) in [5, 5.41) is 10.1. The molecule has 5 nitrogen and oxygen atoms in total. The normalized spacial score (nSPS) is 24.7. The fourth-order valence-corrected chi connectivity index (χ4v) is 2.72. The molecule has 1 aromatic rings.